The van der Waals surface area contributed by atoms with Gasteiger partial charge in [0.1, 0.15) is 5.78 Å². The topological polar surface area (TPSA) is 43.1 Å². The molecule has 2 aliphatic carbocycles. The Kier molecular flexibility index (Phi) is 3.21. The molecule has 1 aromatic rings. The van der Waals surface area contributed by atoms with Gasteiger partial charge in [0.2, 0.25) is 0 Å². The number of nitrogens with two attached hydrogens (primary N) is 1. The van der Waals surface area contributed by atoms with E-state index in [9.17, 15) is 4.79 Å². The van der Waals surface area contributed by atoms with Gasteiger partial charge in [0.25, 0.3) is 0 Å². The zero-order valence-electron chi connectivity index (χ0n) is 10.8. The zero-order valence-corrected chi connectivity index (χ0v) is 10.8. The Morgan fingerprint density at radius 3 is 2.78 bits per heavy atom. The predicted molar refractivity (Wildman–Crippen MR) is 72.5 cm³/mol. The summed E-state index contributed by atoms with van der Waals surface area (Å²) in [4.78, 5) is 12.2. The fourth-order valence-corrected chi connectivity index (χ4v) is 3.46. The van der Waals surface area contributed by atoms with Gasteiger partial charge in [0.05, 0.1) is 0 Å². The molecule has 0 saturated heterocycles. The second kappa shape index (κ2) is 4.85. The van der Waals surface area contributed by atoms with Crippen LogP contribution in [0.5, 0.6) is 0 Å². The Balaban J connectivity index is 1.71. The van der Waals surface area contributed by atoms with E-state index in [1.54, 1.807) is 0 Å². The van der Waals surface area contributed by atoms with Crippen LogP contribution in [0.4, 0.5) is 0 Å². The van der Waals surface area contributed by atoms with Crippen LogP contribution in [0.15, 0.2) is 18.2 Å². The van der Waals surface area contributed by atoms with Crippen molar-refractivity contribution >= 4 is 5.78 Å². The molecule has 96 valence electrons. The lowest BCUT2D eigenvalue weighted by Crippen LogP contribution is -2.31. The van der Waals surface area contributed by atoms with Crippen LogP contribution < -0.4 is 5.73 Å². The molecule has 0 aromatic heterocycles. The molecular formula is C16H21NO. The minimum atomic E-state index is 0.104. The lowest BCUT2D eigenvalue weighted by atomic mass is 9.93. The van der Waals surface area contributed by atoms with Crippen molar-refractivity contribution in [1.29, 1.82) is 0 Å². The number of ketones is 1. The molecule has 2 N–H and O–H groups in total. The summed E-state index contributed by atoms with van der Waals surface area (Å²) in [5.74, 6) is 0.455. The lowest BCUT2D eigenvalue weighted by molar-refractivity contribution is -0.122. The van der Waals surface area contributed by atoms with Crippen molar-refractivity contribution in [2.24, 2.45) is 11.7 Å². The molecule has 1 fully saturated rings. The number of fused-ring (bicyclic) bond motifs is 1. The van der Waals surface area contributed by atoms with Gasteiger partial charge in [-0.1, -0.05) is 24.6 Å². The normalized spacial score (nSPS) is 26.3. The summed E-state index contributed by atoms with van der Waals surface area (Å²) in [5.41, 5.74) is 10.1. The molecule has 0 bridgehead atoms. The number of rotatable bonds is 3. The Bertz CT molecular complexity index is 466. The summed E-state index contributed by atoms with van der Waals surface area (Å²) in [6.45, 7) is 0. The van der Waals surface area contributed by atoms with Gasteiger partial charge < -0.3 is 5.73 Å². The highest BCUT2D eigenvalue weighted by Gasteiger charge is 2.29. The zero-order chi connectivity index (χ0) is 12.5. The quantitative estimate of drug-likeness (QED) is 0.886. The summed E-state index contributed by atoms with van der Waals surface area (Å²) in [6.07, 6.45) is 7.34. The van der Waals surface area contributed by atoms with Gasteiger partial charge in [0, 0.05) is 18.4 Å². The molecule has 2 unspecified atom stereocenters. The molecule has 2 aliphatic rings. The fraction of sp³-hybridized carbons (Fsp3) is 0.562. The third-order valence-corrected chi connectivity index (χ3v) is 4.52. The van der Waals surface area contributed by atoms with Crippen molar-refractivity contribution < 1.29 is 4.79 Å². The van der Waals surface area contributed by atoms with Crippen LogP contribution >= 0.6 is 0 Å². The second-order valence-corrected chi connectivity index (χ2v) is 5.80. The molecule has 3 rings (SSSR count). The van der Waals surface area contributed by atoms with Gasteiger partial charge in [0.15, 0.2) is 0 Å². The van der Waals surface area contributed by atoms with Crippen molar-refractivity contribution in [1.82, 2.24) is 0 Å². The Hall–Kier alpha value is -1.15. The van der Waals surface area contributed by atoms with Gasteiger partial charge in [-0.3, -0.25) is 4.79 Å². The minimum absolute atomic E-state index is 0.104. The first kappa shape index (κ1) is 11.9. The average molecular weight is 243 g/mol. The second-order valence-electron chi connectivity index (χ2n) is 5.80. The highest BCUT2D eigenvalue weighted by Crippen LogP contribution is 2.27. The molecule has 1 saturated carbocycles. The number of carbonyl (C=O) groups is 1. The largest absolute Gasteiger partial charge is 0.327 e. The number of Topliss-reactive ketones (excluding diaryl/α,β-unsaturated/α-hetero) is 1. The number of aryl methyl sites for hydroxylation is 2. The third kappa shape index (κ3) is 2.22. The van der Waals surface area contributed by atoms with E-state index in [-0.39, 0.29) is 12.0 Å². The van der Waals surface area contributed by atoms with Crippen LogP contribution in [0.25, 0.3) is 0 Å². The van der Waals surface area contributed by atoms with Crippen molar-refractivity contribution in [2.75, 3.05) is 0 Å². The minimum Gasteiger partial charge on any atom is -0.327 e. The molecule has 0 amide bonds. The molecule has 0 radical (unpaired) electrons. The molecule has 2 atom stereocenters. The SMILES string of the molecule is NC1CCCC1C(=O)Cc1ccc2c(c1)CCC2. The van der Waals surface area contributed by atoms with E-state index < -0.39 is 0 Å². The summed E-state index contributed by atoms with van der Waals surface area (Å²) < 4.78 is 0. The van der Waals surface area contributed by atoms with E-state index in [1.165, 1.54) is 36.0 Å². The Morgan fingerprint density at radius 1 is 1.17 bits per heavy atom. The summed E-state index contributed by atoms with van der Waals surface area (Å²) >= 11 is 0. The van der Waals surface area contributed by atoms with Crippen LogP contribution in [0.2, 0.25) is 0 Å². The standard InChI is InChI=1S/C16H21NO/c17-15-6-2-5-14(15)16(18)10-11-7-8-12-3-1-4-13(12)9-11/h7-9,14-15H,1-6,10,17H2. The summed E-state index contributed by atoms with van der Waals surface area (Å²) in [6, 6.07) is 6.68. The highest BCUT2D eigenvalue weighted by atomic mass is 16.1. The maximum absolute atomic E-state index is 12.2. The van der Waals surface area contributed by atoms with E-state index in [0.29, 0.717) is 12.2 Å². The lowest BCUT2D eigenvalue weighted by Gasteiger charge is -2.14. The first-order chi connectivity index (χ1) is 8.74. The first-order valence-electron chi connectivity index (χ1n) is 7.13. The molecule has 0 spiro atoms. The Labute approximate surface area is 109 Å². The first-order valence-corrected chi connectivity index (χ1v) is 7.13. The maximum atomic E-state index is 12.2. The van der Waals surface area contributed by atoms with E-state index in [1.807, 2.05) is 0 Å². The number of benzene rings is 1. The molecule has 0 aliphatic heterocycles. The van der Waals surface area contributed by atoms with Crippen LogP contribution in [-0.2, 0) is 24.1 Å². The van der Waals surface area contributed by atoms with Gasteiger partial charge >= 0.3 is 0 Å². The maximum Gasteiger partial charge on any atom is 0.141 e. The molecule has 0 heterocycles. The van der Waals surface area contributed by atoms with Crippen molar-refractivity contribution in [3.05, 3.63) is 34.9 Å². The summed E-state index contributed by atoms with van der Waals surface area (Å²) in [5, 5.41) is 0. The van der Waals surface area contributed by atoms with Gasteiger partial charge in [-0.15, -0.1) is 0 Å². The van der Waals surface area contributed by atoms with Gasteiger partial charge in [-0.05, 0) is 48.8 Å². The average Bonchev–Trinajstić information content (AvgIpc) is 2.96. The third-order valence-electron chi connectivity index (χ3n) is 4.52. The Morgan fingerprint density at radius 2 is 2.00 bits per heavy atom. The van der Waals surface area contributed by atoms with Crippen LogP contribution in [0.3, 0.4) is 0 Å². The molecule has 18 heavy (non-hydrogen) atoms. The van der Waals surface area contributed by atoms with Crippen molar-refractivity contribution in [3.63, 3.8) is 0 Å². The van der Waals surface area contributed by atoms with E-state index in [4.69, 9.17) is 5.73 Å². The molecule has 2 nitrogen and oxygen atoms in total. The monoisotopic (exact) mass is 243 g/mol. The van der Waals surface area contributed by atoms with Crippen LogP contribution in [0, 0.1) is 5.92 Å². The smallest absolute Gasteiger partial charge is 0.141 e. The van der Waals surface area contributed by atoms with E-state index >= 15 is 0 Å². The predicted octanol–water partition coefficient (Wildman–Crippen LogP) is 2.41. The molecule has 1 aromatic carbocycles. The van der Waals surface area contributed by atoms with Crippen LogP contribution in [0.1, 0.15) is 42.4 Å². The van der Waals surface area contributed by atoms with Crippen LogP contribution in [-0.4, -0.2) is 11.8 Å². The van der Waals surface area contributed by atoms with Gasteiger partial charge in [-0.25, -0.2) is 0 Å². The van der Waals surface area contributed by atoms with Crippen molar-refractivity contribution in [3.8, 4) is 0 Å². The number of carbonyl (C=O) groups excluding carboxylic acids is 1. The number of hydrogen-bond donors (Lipinski definition) is 1. The fourth-order valence-electron chi connectivity index (χ4n) is 3.46. The van der Waals surface area contributed by atoms with E-state index in [2.05, 4.69) is 18.2 Å². The highest BCUT2D eigenvalue weighted by molar-refractivity contribution is 5.84. The van der Waals surface area contributed by atoms with E-state index in [0.717, 1.165) is 19.3 Å². The van der Waals surface area contributed by atoms with Crippen molar-refractivity contribution in [2.45, 2.75) is 51.0 Å². The molecule has 2 heteroatoms. The molecular weight excluding hydrogens is 222 g/mol. The number of hydrogen-bond acceptors (Lipinski definition) is 2. The summed E-state index contributed by atoms with van der Waals surface area (Å²) in [7, 11) is 0. The van der Waals surface area contributed by atoms with Gasteiger partial charge in [-0.2, -0.15) is 0 Å².